The average Bonchev–Trinajstić information content (AvgIpc) is 1.65. The Bertz CT molecular complexity index is 82.3. The van der Waals surface area contributed by atoms with Crippen LogP contribution in [0, 0.1) is 0 Å². The van der Waals surface area contributed by atoms with E-state index in [0.29, 0.717) is 0 Å². The molecule has 0 aromatic rings. The van der Waals surface area contributed by atoms with E-state index in [4.69, 9.17) is 0 Å². The van der Waals surface area contributed by atoms with Crippen LogP contribution >= 0.6 is 0 Å². The van der Waals surface area contributed by atoms with Gasteiger partial charge in [0.05, 0.1) is 0 Å². The third-order valence-electron chi connectivity index (χ3n) is 0.919. The molecular formula is C5H9F3O. The minimum Gasteiger partial charge on any atom is -0.378 e. The molecule has 0 aliphatic rings. The van der Waals surface area contributed by atoms with Crippen molar-refractivity contribution in [3.8, 4) is 0 Å². The predicted octanol–water partition coefficient (Wildman–Crippen LogP) is 1.63. The molecule has 56 valence electrons. The Labute approximate surface area is 51.8 Å². The van der Waals surface area contributed by atoms with Crippen molar-refractivity contribution in [1.29, 1.82) is 0 Å². The largest absolute Gasteiger partial charge is 0.378 e. The summed E-state index contributed by atoms with van der Waals surface area (Å²) in [7, 11) is 1.11. The summed E-state index contributed by atoms with van der Waals surface area (Å²) in [4.78, 5) is 0. The normalized spacial score (nSPS) is 15.7. The molecule has 4 heteroatoms. The molecule has 1 nitrogen and oxygen atoms in total. The Morgan fingerprint density at radius 3 is 2.11 bits per heavy atom. The van der Waals surface area contributed by atoms with Crippen LogP contribution in [0.1, 0.15) is 6.92 Å². The van der Waals surface area contributed by atoms with E-state index in [2.05, 4.69) is 4.74 Å². The average molecular weight is 142 g/mol. The summed E-state index contributed by atoms with van der Waals surface area (Å²) < 4.78 is 40.0. The number of ether oxygens (including phenoxy) is 1. The number of hydrogen-bond acceptors (Lipinski definition) is 1. The molecular weight excluding hydrogens is 133 g/mol. The van der Waals surface area contributed by atoms with Crippen LogP contribution in [-0.2, 0) is 4.74 Å². The Kier molecular flexibility index (Phi) is 2.97. The van der Waals surface area contributed by atoms with Crippen molar-refractivity contribution >= 4 is 0 Å². The van der Waals surface area contributed by atoms with Crippen LogP contribution in [0.4, 0.5) is 13.2 Å². The van der Waals surface area contributed by atoms with Gasteiger partial charge in [-0.2, -0.15) is 0 Å². The van der Waals surface area contributed by atoms with Crippen molar-refractivity contribution in [2.75, 3.05) is 13.7 Å². The highest BCUT2D eigenvalue weighted by Gasteiger charge is 2.36. The van der Waals surface area contributed by atoms with Crippen LogP contribution in [0.3, 0.4) is 0 Å². The van der Waals surface area contributed by atoms with Gasteiger partial charge in [0, 0.05) is 7.11 Å². The molecule has 0 bridgehead atoms. The minimum atomic E-state index is -3.34. The smallest absolute Gasteiger partial charge is 0.301 e. The minimum absolute atomic E-state index is 0.805. The van der Waals surface area contributed by atoms with Gasteiger partial charge in [-0.3, -0.25) is 0 Å². The van der Waals surface area contributed by atoms with Crippen molar-refractivity contribution in [3.05, 3.63) is 0 Å². The van der Waals surface area contributed by atoms with Crippen LogP contribution in [0.5, 0.6) is 0 Å². The second-order valence-electron chi connectivity index (χ2n) is 1.81. The Hall–Kier alpha value is -0.250. The highest BCUT2D eigenvalue weighted by molar-refractivity contribution is 4.71. The fourth-order valence-electron chi connectivity index (χ4n) is 0.307. The first kappa shape index (κ1) is 8.75. The van der Waals surface area contributed by atoms with E-state index in [1.54, 1.807) is 0 Å². The first-order chi connectivity index (χ1) is 4.00. The summed E-state index contributed by atoms with van der Waals surface area (Å²) in [6.45, 7) is -0.0519. The van der Waals surface area contributed by atoms with E-state index in [0.717, 1.165) is 14.0 Å². The predicted molar refractivity (Wildman–Crippen MR) is 27.4 cm³/mol. The van der Waals surface area contributed by atoms with Gasteiger partial charge in [-0.15, -0.1) is 0 Å². The zero-order valence-electron chi connectivity index (χ0n) is 5.33. The van der Waals surface area contributed by atoms with Gasteiger partial charge in [-0.05, 0) is 6.92 Å². The molecule has 0 rings (SSSR count). The van der Waals surface area contributed by atoms with Crippen molar-refractivity contribution < 1.29 is 17.9 Å². The monoisotopic (exact) mass is 142 g/mol. The molecule has 0 saturated carbocycles. The van der Waals surface area contributed by atoms with Gasteiger partial charge in [-0.1, -0.05) is 0 Å². The Morgan fingerprint density at radius 2 is 2.00 bits per heavy atom. The van der Waals surface area contributed by atoms with Gasteiger partial charge in [0.2, 0.25) is 0 Å². The van der Waals surface area contributed by atoms with Crippen LogP contribution in [0.25, 0.3) is 0 Å². The summed E-state index contributed by atoms with van der Waals surface area (Å²) >= 11 is 0. The fourth-order valence-corrected chi connectivity index (χ4v) is 0.307. The molecule has 0 fully saturated rings. The lowest BCUT2D eigenvalue weighted by atomic mass is 10.2. The van der Waals surface area contributed by atoms with Gasteiger partial charge >= 0.3 is 5.92 Å². The van der Waals surface area contributed by atoms with Crippen molar-refractivity contribution in [3.63, 3.8) is 0 Å². The van der Waals surface area contributed by atoms with E-state index in [1.165, 1.54) is 0 Å². The van der Waals surface area contributed by atoms with E-state index in [1.807, 2.05) is 0 Å². The second kappa shape index (κ2) is 3.06. The number of hydrogen-bond donors (Lipinski definition) is 0. The standard InChI is InChI=1S/C5H9F3O/c1-4(6)5(7,8)3-9-2/h4H,3H2,1-2H3. The van der Waals surface area contributed by atoms with E-state index in [-0.39, 0.29) is 0 Å². The first-order valence-corrected chi connectivity index (χ1v) is 2.51. The first-order valence-electron chi connectivity index (χ1n) is 2.51. The molecule has 1 atom stereocenters. The lowest BCUT2D eigenvalue weighted by molar-refractivity contribution is -0.111. The summed E-state index contributed by atoms with van der Waals surface area (Å²) in [5.74, 6) is -3.34. The van der Waals surface area contributed by atoms with Crippen LogP contribution < -0.4 is 0 Å². The van der Waals surface area contributed by atoms with Gasteiger partial charge in [0.25, 0.3) is 0 Å². The molecule has 0 aliphatic carbocycles. The van der Waals surface area contributed by atoms with Crippen LogP contribution in [-0.4, -0.2) is 25.8 Å². The van der Waals surface area contributed by atoms with Gasteiger partial charge in [-0.25, -0.2) is 13.2 Å². The molecule has 9 heavy (non-hydrogen) atoms. The quantitative estimate of drug-likeness (QED) is 0.581. The molecule has 0 saturated heterocycles. The van der Waals surface area contributed by atoms with Gasteiger partial charge in [0.1, 0.15) is 6.61 Å². The molecule has 0 aromatic heterocycles. The maximum atomic E-state index is 12.0. The molecule has 1 unspecified atom stereocenters. The topological polar surface area (TPSA) is 9.23 Å². The molecule has 0 amide bonds. The SMILES string of the molecule is COCC(F)(F)C(C)F. The highest BCUT2D eigenvalue weighted by atomic mass is 19.3. The molecule has 0 aromatic carbocycles. The summed E-state index contributed by atoms with van der Waals surface area (Å²) in [5, 5.41) is 0. The van der Waals surface area contributed by atoms with Gasteiger partial charge < -0.3 is 4.74 Å². The number of methoxy groups -OCH3 is 1. The van der Waals surface area contributed by atoms with E-state index >= 15 is 0 Å². The zero-order valence-corrected chi connectivity index (χ0v) is 5.33. The maximum absolute atomic E-state index is 12.0. The second-order valence-corrected chi connectivity index (χ2v) is 1.81. The molecule has 0 N–H and O–H groups in total. The summed E-state index contributed by atoms with van der Waals surface area (Å²) in [6, 6.07) is 0. The van der Waals surface area contributed by atoms with Crippen molar-refractivity contribution in [2.45, 2.75) is 19.0 Å². The van der Waals surface area contributed by atoms with Crippen LogP contribution in [0.15, 0.2) is 0 Å². The van der Waals surface area contributed by atoms with Crippen molar-refractivity contribution in [1.82, 2.24) is 0 Å². The number of rotatable bonds is 3. The Balaban J connectivity index is 3.70. The highest BCUT2D eigenvalue weighted by Crippen LogP contribution is 2.20. The third kappa shape index (κ3) is 2.70. The molecule has 0 radical (unpaired) electrons. The van der Waals surface area contributed by atoms with Gasteiger partial charge in [0.15, 0.2) is 6.17 Å². The Morgan fingerprint density at radius 1 is 1.56 bits per heavy atom. The van der Waals surface area contributed by atoms with Crippen molar-refractivity contribution in [2.24, 2.45) is 0 Å². The molecule has 0 aliphatic heterocycles. The summed E-state index contributed by atoms with van der Waals surface area (Å²) in [6.07, 6.45) is -2.14. The number of alkyl halides is 3. The maximum Gasteiger partial charge on any atom is 0.301 e. The molecule has 0 heterocycles. The van der Waals surface area contributed by atoms with E-state index < -0.39 is 18.7 Å². The van der Waals surface area contributed by atoms with Crippen LogP contribution in [0.2, 0.25) is 0 Å². The summed E-state index contributed by atoms with van der Waals surface area (Å²) in [5.41, 5.74) is 0. The third-order valence-corrected chi connectivity index (χ3v) is 0.919. The lowest BCUT2D eigenvalue weighted by Crippen LogP contribution is -2.32. The fraction of sp³-hybridized carbons (Fsp3) is 1.00. The van der Waals surface area contributed by atoms with E-state index in [9.17, 15) is 13.2 Å². The molecule has 0 spiro atoms. The zero-order chi connectivity index (χ0) is 7.49. The number of halogens is 3. The lowest BCUT2D eigenvalue weighted by Gasteiger charge is -2.15.